The Morgan fingerprint density at radius 2 is 1.46 bits per heavy atom. The summed E-state index contributed by atoms with van der Waals surface area (Å²) in [5.41, 5.74) is 4.80. The number of carbonyl (C=O) groups is 1. The smallest absolute Gasteiger partial charge is 0.264 e. The summed E-state index contributed by atoms with van der Waals surface area (Å²) in [5, 5.41) is 0.719. The Kier molecular flexibility index (Phi) is 7.97. The average molecular weight is 564 g/mol. The van der Waals surface area contributed by atoms with Crippen molar-refractivity contribution in [3.8, 4) is 11.1 Å². The Balaban J connectivity index is 1.18. The number of anilines is 1. The molecule has 0 aliphatic carbocycles. The molecule has 1 heterocycles. The van der Waals surface area contributed by atoms with Crippen molar-refractivity contribution in [3.63, 3.8) is 0 Å². The largest absolute Gasteiger partial charge is 0.369 e. The number of piperazine rings is 1. The van der Waals surface area contributed by atoms with Gasteiger partial charge in [-0.15, -0.1) is 0 Å². The Hall–Kier alpha value is -3.72. The minimum atomic E-state index is -4.10. The van der Waals surface area contributed by atoms with Crippen molar-refractivity contribution >= 4 is 33.2 Å². The first kappa shape index (κ1) is 26.9. The Bertz CT molecular complexity index is 1550. The molecule has 0 radical (unpaired) electrons. The van der Waals surface area contributed by atoms with E-state index in [9.17, 15) is 17.6 Å². The van der Waals surface area contributed by atoms with Gasteiger partial charge in [-0.2, -0.15) is 0 Å². The summed E-state index contributed by atoms with van der Waals surface area (Å²) in [6.45, 7) is 4.26. The number of rotatable bonds is 7. The summed E-state index contributed by atoms with van der Waals surface area (Å²) in [6, 6.07) is 27.5. The molecular weight excluding hydrogens is 537 g/mol. The van der Waals surface area contributed by atoms with Gasteiger partial charge < -0.3 is 4.90 Å². The number of amides is 1. The van der Waals surface area contributed by atoms with Gasteiger partial charge in [0.1, 0.15) is 5.82 Å². The summed E-state index contributed by atoms with van der Waals surface area (Å²) in [5.74, 6) is -1.30. The van der Waals surface area contributed by atoms with E-state index in [1.807, 2.05) is 47.2 Å². The third kappa shape index (κ3) is 6.47. The quantitative estimate of drug-likeness (QED) is 0.318. The van der Waals surface area contributed by atoms with Gasteiger partial charge in [-0.3, -0.25) is 9.69 Å². The van der Waals surface area contributed by atoms with Gasteiger partial charge in [-0.1, -0.05) is 48.0 Å². The van der Waals surface area contributed by atoms with E-state index in [4.69, 9.17) is 11.6 Å². The molecule has 4 aromatic rings. The van der Waals surface area contributed by atoms with Crippen LogP contribution in [0.1, 0.15) is 15.9 Å². The highest BCUT2D eigenvalue weighted by atomic mass is 35.5. The molecule has 1 N–H and O–H groups in total. The molecule has 200 valence electrons. The Labute approximate surface area is 232 Å². The van der Waals surface area contributed by atoms with Crippen molar-refractivity contribution in [1.29, 1.82) is 0 Å². The highest BCUT2D eigenvalue weighted by Crippen LogP contribution is 2.27. The fourth-order valence-corrected chi connectivity index (χ4v) is 5.75. The molecule has 4 aromatic carbocycles. The lowest BCUT2D eigenvalue weighted by Gasteiger charge is -2.36. The first-order valence-electron chi connectivity index (χ1n) is 12.5. The molecule has 1 fully saturated rings. The number of sulfonamides is 1. The molecule has 0 bridgehead atoms. The van der Waals surface area contributed by atoms with Gasteiger partial charge in [-0.05, 0) is 77.4 Å². The van der Waals surface area contributed by atoms with Gasteiger partial charge in [-0.25, -0.2) is 17.5 Å². The molecule has 0 saturated carbocycles. The molecule has 0 atom stereocenters. The average Bonchev–Trinajstić information content (AvgIpc) is 2.94. The summed E-state index contributed by atoms with van der Waals surface area (Å²) >= 11 is 6.07. The maximum absolute atomic E-state index is 13.1. The maximum Gasteiger partial charge on any atom is 0.264 e. The molecule has 6 nitrogen and oxygen atoms in total. The second-order valence-corrected chi connectivity index (χ2v) is 11.5. The number of hydrogen-bond acceptors (Lipinski definition) is 5. The van der Waals surface area contributed by atoms with Gasteiger partial charge in [0.25, 0.3) is 15.9 Å². The predicted molar refractivity (Wildman–Crippen MR) is 152 cm³/mol. The number of halogens is 2. The van der Waals surface area contributed by atoms with Crippen LogP contribution < -0.4 is 9.62 Å². The Morgan fingerprint density at radius 1 is 0.821 bits per heavy atom. The molecule has 1 aliphatic heterocycles. The first-order valence-corrected chi connectivity index (χ1v) is 14.4. The Morgan fingerprint density at radius 3 is 2.13 bits per heavy atom. The standard InChI is InChI=1S/C30H27ClFN3O3S/c31-25-9-5-22(6-10-25)29-4-2-1-3-24(29)21-34-17-19-35(20-18-34)27-13-7-23(8-14-27)30(36)33-39(37,38)28-15-11-26(32)12-16-28/h1-16H,17-21H2,(H,33,36). The third-order valence-electron chi connectivity index (χ3n) is 6.78. The lowest BCUT2D eigenvalue weighted by Crippen LogP contribution is -2.46. The molecular formula is C30H27ClFN3O3S. The zero-order valence-electron chi connectivity index (χ0n) is 21.1. The van der Waals surface area contributed by atoms with Crippen molar-refractivity contribution in [2.75, 3.05) is 31.1 Å². The maximum atomic E-state index is 13.1. The van der Waals surface area contributed by atoms with Crippen LogP contribution in [-0.2, 0) is 16.6 Å². The number of nitrogens with zero attached hydrogens (tertiary/aromatic N) is 2. The van der Waals surface area contributed by atoms with Crippen LogP contribution in [0, 0.1) is 5.82 Å². The van der Waals surface area contributed by atoms with E-state index in [2.05, 4.69) is 28.0 Å². The second kappa shape index (κ2) is 11.6. The summed E-state index contributed by atoms with van der Waals surface area (Å²) in [7, 11) is -4.10. The molecule has 0 spiro atoms. The molecule has 5 rings (SSSR count). The van der Waals surface area contributed by atoms with Crippen molar-refractivity contribution in [1.82, 2.24) is 9.62 Å². The van der Waals surface area contributed by atoms with Crippen LogP contribution in [0.5, 0.6) is 0 Å². The van der Waals surface area contributed by atoms with Crippen LogP contribution in [0.25, 0.3) is 11.1 Å². The van der Waals surface area contributed by atoms with Crippen LogP contribution in [0.15, 0.2) is 102 Å². The van der Waals surface area contributed by atoms with Crippen molar-refractivity contribution in [2.24, 2.45) is 0 Å². The van der Waals surface area contributed by atoms with Crippen molar-refractivity contribution in [2.45, 2.75) is 11.4 Å². The fraction of sp³-hybridized carbons (Fsp3) is 0.167. The highest BCUT2D eigenvalue weighted by molar-refractivity contribution is 7.90. The zero-order valence-corrected chi connectivity index (χ0v) is 22.6. The minimum Gasteiger partial charge on any atom is -0.369 e. The lowest BCUT2D eigenvalue weighted by atomic mass is 9.99. The molecule has 1 aliphatic rings. The van der Waals surface area contributed by atoms with E-state index >= 15 is 0 Å². The van der Waals surface area contributed by atoms with Gasteiger partial charge >= 0.3 is 0 Å². The van der Waals surface area contributed by atoms with Gasteiger partial charge in [0.2, 0.25) is 0 Å². The number of benzene rings is 4. The van der Waals surface area contributed by atoms with Gasteiger partial charge in [0, 0.05) is 49.0 Å². The number of nitrogens with one attached hydrogen (secondary N) is 1. The molecule has 0 unspecified atom stereocenters. The highest BCUT2D eigenvalue weighted by Gasteiger charge is 2.21. The SMILES string of the molecule is O=C(NS(=O)(=O)c1ccc(F)cc1)c1ccc(N2CCN(Cc3ccccc3-c3ccc(Cl)cc3)CC2)cc1. The number of hydrogen-bond donors (Lipinski definition) is 1. The van der Waals surface area contributed by atoms with Crippen LogP contribution in [-0.4, -0.2) is 45.4 Å². The molecule has 9 heteroatoms. The third-order valence-corrected chi connectivity index (χ3v) is 8.38. The molecule has 0 aromatic heterocycles. The predicted octanol–water partition coefficient (Wildman–Crippen LogP) is 5.59. The van der Waals surface area contributed by atoms with Crippen LogP contribution in [0.2, 0.25) is 5.02 Å². The van der Waals surface area contributed by atoms with E-state index in [0.29, 0.717) is 0 Å². The summed E-state index contributed by atoms with van der Waals surface area (Å²) in [4.78, 5) is 17.1. The summed E-state index contributed by atoms with van der Waals surface area (Å²) < 4.78 is 40.0. The molecule has 1 saturated heterocycles. The fourth-order valence-electron chi connectivity index (χ4n) is 4.65. The number of carbonyl (C=O) groups excluding carboxylic acids is 1. The van der Waals surface area contributed by atoms with Crippen molar-refractivity contribution in [3.05, 3.63) is 119 Å². The van der Waals surface area contributed by atoms with Crippen LogP contribution in [0.4, 0.5) is 10.1 Å². The summed E-state index contributed by atoms with van der Waals surface area (Å²) in [6.07, 6.45) is 0. The molecule has 39 heavy (non-hydrogen) atoms. The lowest BCUT2D eigenvalue weighted by molar-refractivity contribution is 0.0981. The second-order valence-electron chi connectivity index (χ2n) is 9.36. The zero-order chi connectivity index (χ0) is 27.4. The minimum absolute atomic E-state index is 0.178. The van der Waals surface area contributed by atoms with E-state index in [0.717, 1.165) is 73.3 Å². The van der Waals surface area contributed by atoms with E-state index in [-0.39, 0.29) is 10.5 Å². The normalized spacial score (nSPS) is 14.3. The van der Waals surface area contributed by atoms with E-state index in [1.54, 1.807) is 12.1 Å². The topological polar surface area (TPSA) is 69.7 Å². The first-order chi connectivity index (χ1) is 18.8. The van der Waals surface area contributed by atoms with E-state index < -0.39 is 21.7 Å². The van der Waals surface area contributed by atoms with Crippen LogP contribution in [0.3, 0.4) is 0 Å². The van der Waals surface area contributed by atoms with Gasteiger partial charge in [0.15, 0.2) is 0 Å². The van der Waals surface area contributed by atoms with Crippen LogP contribution >= 0.6 is 11.6 Å². The van der Waals surface area contributed by atoms with E-state index in [1.165, 1.54) is 11.1 Å². The van der Waals surface area contributed by atoms with Crippen molar-refractivity contribution < 1.29 is 17.6 Å². The molecule has 1 amide bonds. The van der Waals surface area contributed by atoms with Gasteiger partial charge in [0.05, 0.1) is 4.90 Å². The monoisotopic (exact) mass is 563 g/mol.